The molecule has 0 bridgehead atoms. The van der Waals surface area contributed by atoms with Crippen molar-refractivity contribution in [2.24, 2.45) is 11.7 Å². The number of carbonyl (C=O) groups excluding carboxylic acids is 1. The van der Waals surface area contributed by atoms with Crippen molar-refractivity contribution in [3.8, 4) is 0 Å². The standard InChI is InChI=1S/C12H15N3O5/c1-6(2)10(12(17)18)14-8-5-7(11(13)16)3-4-9(8)15(19)20/h3-6,10,14H,1-2H3,(H2,13,16)(H,17,18). The van der Waals surface area contributed by atoms with E-state index < -0.39 is 22.8 Å². The van der Waals surface area contributed by atoms with Gasteiger partial charge in [0.2, 0.25) is 5.91 Å². The van der Waals surface area contributed by atoms with Gasteiger partial charge in [0.15, 0.2) is 0 Å². The Morgan fingerprint density at radius 1 is 1.40 bits per heavy atom. The fraction of sp³-hybridized carbons (Fsp3) is 0.333. The average molecular weight is 281 g/mol. The number of amides is 1. The number of nitrogens with two attached hydrogens (primary N) is 1. The van der Waals surface area contributed by atoms with E-state index in [1.165, 1.54) is 12.1 Å². The summed E-state index contributed by atoms with van der Waals surface area (Å²) in [6, 6.07) is 2.49. The van der Waals surface area contributed by atoms with E-state index >= 15 is 0 Å². The van der Waals surface area contributed by atoms with Gasteiger partial charge >= 0.3 is 5.97 Å². The van der Waals surface area contributed by atoms with E-state index in [-0.39, 0.29) is 22.9 Å². The molecule has 1 aromatic rings. The zero-order valence-electron chi connectivity index (χ0n) is 11.0. The quantitative estimate of drug-likeness (QED) is 0.529. The largest absolute Gasteiger partial charge is 0.480 e. The number of carboxylic acid groups (broad SMARTS) is 1. The predicted molar refractivity (Wildman–Crippen MR) is 71.5 cm³/mol. The lowest BCUT2D eigenvalue weighted by Gasteiger charge is -2.19. The first-order chi connectivity index (χ1) is 9.23. The van der Waals surface area contributed by atoms with Gasteiger partial charge in [0.1, 0.15) is 11.7 Å². The van der Waals surface area contributed by atoms with Crippen molar-refractivity contribution >= 4 is 23.3 Å². The summed E-state index contributed by atoms with van der Waals surface area (Å²) >= 11 is 0. The van der Waals surface area contributed by atoms with Crippen LogP contribution in [0.15, 0.2) is 18.2 Å². The summed E-state index contributed by atoms with van der Waals surface area (Å²) in [6.07, 6.45) is 0. The van der Waals surface area contributed by atoms with Crippen LogP contribution in [0.2, 0.25) is 0 Å². The molecule has 0 fully saturated rings. The fourth-order valence-corrected chi connectivity index (χ4v) is 1.65. The molecule has 0 aliphatic rings. The number of nitrogens with zero attached hydrogens (tertiary/aromatic N) is 1. The number of nitrogens with one attached hydrogen (secondary N) is 1. The van der Waals surface area contributed by atoms with Gasteiger partial charge in [-0.1, -0.05) is 13.8 Å². The molecule has 0 spiro atoms. The number of hydrogen-bond donors (Lipinski definition) is 3. The second kappa shape index (κ2) is 6.00. The number of rotatable bonds is 6. The molecule has 4 N–H and O–H groups in total. The molecule has 8 nitrogen and oxygen atoms in total. The predicted octanol–water partition coefficient (Wildman–Crippen LogP) is 1.21. The van der Waals surface area contributed by atoms with Crippen molar-refractivity contribution < 1.29 is 19.6 Å². The molecule has 1 unspecified atom stereocenters. The van der Waals surface area contributed by atoms with Crippen molar-refractivity contribution in [3.63, 3.8) is 0 Å². The summed E-state index contributed by atoms with van der Waals surface area (Å²) in [5.74, 6) is -2.19. The minimum absolute atomic E-state index is 0.0487. The maximum absolute atomic E-state index is 11.1. The van der Waals surface area contributed by atoms with Gasteiger partial charge in [-0.15, -0.1) is 0 Å². The van der Waals surface area contributed by atoms with E-state index in [1.807, 2.05) is 0 Å². The monoisotopic (exact) mass is 281 g/mol. The summed E-state index contributed by atoms with van der Waals surface area (Å²) < 4.78 is 0. The van der Waals surface area contributed by atoms with Crippen LogP contribution in [0.3, 0.4) is 0 Å². The summed E-state index contributed by atoms with van der Waals surface area (Å²) in [5.41, 5.74) is 4.80. The molecule has 0 radical (unpaired) electrons. The lowest BCUT2D eigenvalue weighted by atomic mass is 10.0. The highest BCUT2D eigenvalue weighted by Crippen LogP contribution is 2.27. The third-order valence-electron chi connectivity index (χ3n) is 2.72. The zero-order valence-corrected chi connectivity index (χ0v) is 11.0. The number of nitro groups is 1. The molecule has 1 rings (SSSR count). The Bertz CT molecular complexity index is 556. The van der Waals surface area contributed by atoms with Crippen molar-refractivity contribution in [3.05, 3.63) is 33.9 Å². The highest BCUT2D eigenvalue weighted by atomic mass is 16.6. The maximum atomic E-state index is 11.1. The number of carboxylic acids is 1. The van der Waals surface area contributed by atoms with E-state index in [0.717, 1.165) is 6.07 Å². The molecule has 1 amide bonds. The third kappa shape index (κ3) is 3.44. The van der Waals surface area contributed by atoms with Crippen molar-refractivity contribution in [1.82, 2.24) is 0 Å². The van der Waals surface area contributed by atoms with Crippen molar-refractivity contribution in [1.29, 1.82) is 0 Å². The van der Waals surface area contributed by atoms with Gasteiger partial charge in [0.05, 0.1) is 4.92 Å². The molecule has 0 aromatic heterocycles. The van der Waals surface area contributed by atoms with Crippen LogP contribution in [0.5, 0.6) is 0 Å². The summed E-state index contributed by atoms with van der Waals surface area (Å²) in [7, 11) is 0. The minimum Gasteiger partial charge on any atom is -0.480 e. The lowest BCUT2D eigenvalue weighted by molar-refractivity contribution is -0.384. The molecule has 0 heterocycles. The Morgan fingerprint density at radius 3 is 2.40 bits per heavy atom. The molecule has 20 heavy (non-hydrogen) atoms. The maximum Gasteiger partial charge on any atom is 0.326 e. The Labute approximate surface area is 114 Å². The van der Waals surface area contributed by atoms with Crippen molar-refractivity contribution in [2.45, 2.75) is 19.9 Å². The Hall–Kier alpha value is -2.64. The summed E-state index contributed by atoms with van der Waals surface area (Å²) in [6.45, 7) is 3.32. The van der Waals surface area contributed by atoms with Gasteiger partial charge in [0.25, 0.3) is 5.69 Å². The van der Waals surface area contributed by atoms with E-state index in [0.29, 0.717) is 0 Å². The van der Waals surface area contributed by atoms with Crippen LogP contribution in [0, 0.1) is 16.0 Å². The Balaban J connectivity index is 3.25. The fourth-order valence-electron chi connectivity index (χ4n) is 1.65. The van der Waals surface area contributed by atoms with E-state index in [4.69, 9.17) is 10.8 Å². The van der Waals surface area contributed by atoms with Gasteiger partial charge in [0, 0.05) is 11.6 Å². The smallest absolute Gasteiger partial charge is 0.326 e. The highest BCUT2D eigenvalue weighted by molar-refractivity contribution is 5.95. The number of hydrogen-bond acceptors (Lipinski definition) is 5. The topological polar surface area (TPSA) is 136 Å². The van der Waals surface area contributed by atoms with E-state index in [2.05, 4.69) is 5.32 Å². The normalized spacial score (nSPS) is 11.9. The van der Waals surface area contributed by atoms with Crippen LogP contribution >= 0.6 is 0 Å². The molecule has 1 atom stereocenters. The van der Waals surface area contributed by atoms with Gasteiger partial charge in [-0.25, -0.2) is 4.79 Å². The summed E-state index contributed by atoms with van der Waals surface area (Å²) in [5, 5.41) is 22.6. The summed E-state index contributed by atoms with van der Waals surface area (Å²) in [4.78, 5) is 32.5. The zero-order chi connectivity index (χ0) is 15.4. The highest BCUT2D eigenvalue weighted by Gasteiger charge is 2.25. The molecule has 0 saturated carbocycles. The molecule has 1 aromatic carbocycles. The van der Waals surface area contributed by atoms with Crippen LogP contribution in [0.1, 0.15) is 24.2 Å². The van der Waals surface area contributed by atoms with Crippen LogP contribution in [0.4, 0.5) is 11.4 Å². The first kappa shape index (κ1) is 15.4. The number of primary amides is 1. The number of benzene rings is 1. The molecule has 0 saturated heterocycles. The third-order valence-corrected chi connectivity index (χ3v) is 2.72. The number of nitro benzene ring substituents is 1. The molecular formula is C12H15N3O5. The molecule has 8 heteroatoms. The number of aliphatic carboxylic acids is 1. The van der Waals surface area contributed by atoms with E-state index in [1.54, 1.807) is 13.8 Å². The van der Waals surface area contributed by atoms with E-state index in [9.17, 15) is 19.7 Å². The van der Waals surface area contributed by atoms with Gasteiger partial charge in [-0.3, -0.25) is 14.9 Å². The Kier molecular flexibility index (Phi) is 4.63. The molecular weight excluding hydrogens is 266 g/mol. The van der Waals surface area contributed by atoms with Crippen LogP contribution in [-0.4, -0.2) is 27.9 Å². The van der Waals surface area contributed by atoms with Crippen molar-refractivity contribution in [2.75, 3.05) is 5.32 Å². The number of carbonyl (C=O) groups is 2. The number of anilines is 1. The van der Waals surface area contributed by atoms with Gasteiger partial charge < -0.3 is 16.2 Å². The first-order valence-electron chi connectivity index (χ1n) is 5.81. The molecule has 0 aliphatic heterocycles. The second-order valence-corrected chi connectivity index (χ2v) is 4.56. The van der Waals surface area contributed by atoms with Gasteiger partial charge in [-0.2, -0.15) is 0 Å². The van der Waals surface area contributed by atoms with Crippen LogP contribution < -0.4 is 11.1 Å². The Morgan fingerprint density at radius 2 is 2.00 bits per heavy atom. The molecule has 108 valence electrons. The minimum atomic E-state index is -1.14. The SMILES string of the molecule is CC(C)C(Nc1cc(C(N)=O)ccc1[N+](=O)[O-])C(=O)O. The van der Waals surface area contributed by atoms with Gasteiger partial charge in [-0.05, 0) is 18.1 Å². The van der Waals surface area contributed by atoms with Crippen LogP contribution in [-0.2, 0) is 4.79 Å². The van der Waals surface area contributed by atoms with Crippen LogP contribution in [0.25, 0.3) is 0 Å². The lowest BCUT2D eigenvalue weighted by Crippen LogP contribution is -2.34. The first-order valence-corrected chi connectivity index (χ1v) is 5.81. The molecule has 0 aliphatic carbocycles. The second-order valence-electron chi connectivity index (χ2n) is 4.56. The average Bonchev–Trinajstić information content (AvgIpc) is 2.34.